The average Bonchev–Trinajstić information content (AvgIpc) is 1.88. The molecule has 0 unspecified atom stereocenters. The van der Waals surface area contributed by atoms with Gasteiger partial charge in [-0.3, -0.25) is 0 Å². The smallest absolute Gasteiger partial charge is 0.0133 e. The van der Waals surface area contributed by atoms with Crippen LogP contribution in [0.25, 0.3) is 0 Å². The summed E-state index contributed by atoms with van der Waals surface area (Å²) in [5.74, 6) is 0. The van der Waals surface area contributed by atoms with Gasteiger partial charge in [0.1, 0.15) is 0 Å². The summed E-state index contributed by atoms with van der Waals surface area (Å²) in [4.78, 5) is 0. The van der Waals surface area contributed by atoms with E-state index in [1.807, 2.05) is 19.1 Å². The second kappa shape index (κ2) is 5.36. The summed E-state index contributed by atoms with van der Waals surface area (Å²) in [6, 6.07) is 0. The van der Waals surface area contributed by atoms with Crippen LogP contribution in [-0.2, 0) is 0 Å². The van der Waals surface area contributed by atoms with Crippen molar-refractivity contribution in [3.05, 3.63) is 37.0 Å². The van der Waals surface area contributed by atoms with E-state index in [1.54, 1.807) is 0 Å². The van der Waals surface area contributed by atoms with Crippen molar-refractivity contribution in [2.24, 2.45) is 0 Å². The van der Waals surface area contributed by atoms with Crippen LogP contribution in [-0.4, -0.2) is 0 Å². The highest BCUT2D eigenvalue weighted by Gasteiger charge is 1.86. The average molecular weight is 121 g/mol. The monoisotopic (exact) mass is 121 g/mol. The van der Waals surface area contributed by atoms with Crippen LogP contribution in [0.4, 0.5) is 0 Å². The summed E-state index contributed by atoms with van der Waals surface area (Å²) in [6.07, 6.45) is 8.71. The number of allylic oxidation sites excluding steroid dienone is 4. The van der Waals surface area contributed by atoms with Crippen molar-refractivity contribution in [2.75, 3.05) is 0 Å². The Morgan fingerprint density at radius 1 is 1.33 bits per heavy atom. The molecule has 0 rings (SSSR count). The van der Waals surface area contributed by atoms with Gasteiger partial charge in [-0.05, 0) is 25.8 Å². The molecule has 0 saturated carbocycles. The van der Waals surface area contributed by atoms with Crippen molar-refractivity contribution in [3.63, 3.8) is 0 Å². The highest BCUT2D eigenvalue weighted by molar-refractivity contribution is 5.05. The van der Waals surface area contributed by atoms with Crippen LogP contribution in [0.3, 0.4) is 0 Å². The molecule has 0 saturated heterocycles. The minimum atomic E-state index is 0.933. The van der Waals surface area contributed by atoms with Crippen LogP contribution in [0.1, 0.15) is 19.8 Å². The number of rotatable bonds is 4. The molecule has 9 heavy (non-hydrogen) atoms. The summed E-state index contributed by atoms with van der Waals surface area (Å²) in [7, 11) is 0. The molecular weight excluding hydrogens is 108 g/mol. The number of hydrogen-bond donors (Lipinski definition) is 0. The highest BCUT2D eigenvalue weighted by Crippen LogP contribution is 2.05. The second-order valence-electron chi connectivity index (χ2n) is 1.84. The normalized spacial score (nSPS) is 8.11. The van der Waals surface area contributed by atoms with Crippen molar-refractivity contribution in [3.8, 4) is 0 Å². The van der Waals surface area contributed by atoms with Crippen LogP contribution in [0.5, 0.6) is 0 Å². The van der Waals surface area contributed by atoms with Gasteiger partial charge in [0.05, 0.1) is 0 Å². The molecule has 0 fully saturated rings. The van der Waals surface area contributed by atoms with E-state index in [1.165, 1.54) is 5.57 Å². The highest BCUT2D eigenvalue weighted by atomic mass is 13.9. The first kappa shape index (κ1) is 8.22. The fraction of sp³-hybridized carbons (Fsp3) is 0.333. The first-order chi connectivity index (χ1) is 4.35. The minimum absolute atomic E-state index is 0.933. The first-order valence-corrected chi connectivity index (χ1v) is 3.09. The van der Waals surface area contributed by atoms with E-state index < -0.39 is 0 Å². The third-order valence-electron chi connectivity index (χ3n) is 1.14. The van der Waals surface area contributed by atoms with Gasteiger partial charge in [-0.25, -0.2) is 0 Å². The zero-order chi connectivity index (χ0) is 7.11. The van der Waals surface area contributed by atoms with Gasteiger partial charge in [0, 0.05) is 0 Å². The molecule has 0 aliphatic rings. The Bertz CT molecular complexity index is 106. The van der Waals surface area contributed by atoms with Crippen LogP contribution >= 0.6 is 0 Å². The molecule has 0 nitrogen and oxygen atoms in total. The van der Waals surface area contributed by atoms with Crippen molar-refractivity contribution >= 4 is 0 Å². The molecule has 0 aromatic heterocycles. The molecule has 0 spiro atoms. The Balaban J connectivity index is 3.68. The fourth-order valence-electron chi connectivity index (χ4n) is 0.636. The first-order valence-electron chi connectivity index (χ1n) is 3.09. The third-order valence-corrected chi connectivity index (χ3v) is 1.14. The van der Waals surface area contributed by atoms with E-state index in [0.717, 1.165) is 12.8 Å². The van der Waals surface area contributed by atoms with Gasteiger partial charge in [0.2, 0.25) is 0 Å². The van der Waals surface area contributed by atoms with Gasteiger partial charge in [0.15, 0.2) is 0 Å². The van der Waals surface area contributed by atoms with E-state index in [9.17, 15) is 0 Å². The SMILES string of the molecule is C=CCC(=[C]C)CC=C. The van der Waals surface area contributed by atoms with Gasteiger partial charge >= 0.3 is 0 Å². The Morgan fingerprint density at radius 2 is 1.78 bits per heavy atom. The summed E-state index contributed by atoms with van der Waals surface area (Å²) in [5.41, 5.74) is 1.26. The molecule has 0 heterocycles. The van der Waals surface area contributed by atoms with Gasteiger partial charge in [-0.2, -0.15) is 0 Å². The summed E-state index contributed by atoms with van der Waals surface area (Å²) >= 11 is 0. The molecule has 49 valence electrons. The molecule has 0 N–H and O–H groups in total. The Kier molecular flexibility index (Phi) is 4.89. The molecule has 0 atom stereocenters. The predicted octanol–water partition coefficient (Wildman–Crippen LogP) is 2.89. The molecular formula is C9H13. The van der Waals surface area contributed by atoms with E-state index in [4.69, 9.17) is 0 Å². The molecule has 0 amide bonds. The van der Waals surface area contributed by atoms with Crippen molar-refractivity contribution in [1.29, 1.82) is 0 Å². The van der Waals surface area contributed by atoms with E-state index in [0.29, 0.717) is 0 Å². The van der Waals surface area contributed by atoms with Gasteiger partial charge in [-0.1, -0.05) is 17.7 Å². The zero-order valence-electron chi connectivity index (χ0n) is 5.98. The lowest BCUT2D eigenvalue weighted by atomic mass is 10.1. The van der Waals surface area contributed by atoms with Gasteiger partial charge < -0.3 is 0 Å². The van der Waals surface area contributed by atoms with Crippen molar-refractivity contribution in [1.82, 2.24) is 0 Å². The number of hydrogen-bond acceptors (Lipinski definition) is 0. The quantitative estimate of drug-likeness (QED) is 0.502. The summed E-state index contributed by atoms with van der Waals surface area (Å²) < 4.78 is 0. The van der Waals surface area contributed by atoms with Crippen molar-refractivity contribution < 1.29 is 0 Å². The van der Waals surface area contributed by atoms with Gasteiger partial charge in [-0.15, -0.1) is 13.2 Å². The summed E-state index contributed by atoms with van der Waals surface area (Å²) in [6.45, 7) is 9.19. The maximum absolute atomic E-state index is 3.64. The standard InChI is InChI=1S/C9H13/c1-4-7-9(6-3)8-5-2/h4-5H,1-2,7-8H2,3H3. The molecule has 0 aliphatic carbocycles. The lowest BCUT2D eigenvalue weighted by Crippen LogP contribution is -1.76. The second-order valence-corrected chi connectivity index (χ2v) is 1.84. The molecule has 0 bridgehead atoms. The summed E-state index contributed by atoms with van der Waals surface area (Å²) in [5, 5.41) is 0. The maximum atomic E-state index is 3.64. The zero-order valence-corrected chi connectivity index (χ0v) is 5.98. The lowest BCUT2D eigenvalue weighted by Gasteiger charge is -1.95. The minimum Gasteiger partial charge on any atom is -0.103 e. The van der Waals surface area contributed by atoms with Crippen LogP contribution in [0.2, 0.25) is 0 Å². The molecule has 0 heteroatoms. The lowest BCUT2D eigenvalue weighted by molar-refractivity contribution is 1.09. The maximum Gasteiger partial charge on any atom is -0.0133 e. The van der Waals surface area contributed by atoms with Crippen LogP contribution in [0, 0.1) is 6.08 Å². The molecule has 0 aromatic rings. The van der Waals surface area contributed by atoms with E-state index in [2.05, 4.69) is 19.2 Å². The largest absolute Gasteiger partial charge is 0.103 e. The van der Waals surface area contributed by atoms with Crippen molar-refractivity contribution in [2.45, 2.75) is 19.8 Å². The third kappa shape index (κ3) is 3.77. The van der Waals surface area contributed by atoms with Gasteiger partial charge in [0.25, 0.3) is 0 Å². The Labute approximate surface area is 57.6 Å². The molecule has 0 aliphatic heterocycles. The van der Waals surface area contributed by atoms with E-state index >= 15 is 0 Å². The Morgan fingerprint density at radius 3 is 2.00 bits per heavy atom. The van der Waals surface area contributed by atoms with Crippen LogP contribution < -0.4 is 0 Å². The Hall–Kier alpha value is -0.780. The van der Waals surface area contributed by atoms with Crippen LogP contribution in [0.15, 0.2) is 30.9 Å². The fourth-order valence-corrected chi connectivity index (χ4v) is 0.636. The topological polar surface area (TPSA) is 0 Å². The molecule has 1 radical (unpaired) electrons. The predicted molar refractivity (Wildman–Crippen MR) is 42.1 cm³/mol. The molecule has 0 aromatic carbocycles. The van der Waals surface area contributed by atoms with E-state index in [-0.39, 0.29) is 0 Å².